The minimum Gasteiger partial charge on any atom is -0.508 e. The van der Waals surface area contributed by atoms with Crippen LogP contribution in [-0.2, 0) is 9.47 Å². The first-order chi connectivity index (χ1) is 19.0. The summed E-state index contributed by atoms with van der Waals surface area (Å²) < 4.78 is 10.7. The second-order valence-electron chi connectivity index (χ2n) is 9.65. The van der Waals surface area contributed by atoms with Crippen LogP contribution in [0.2, 0.25) is 0 Å². The summed E-state index contributed by atoms with van der Waals surface area (Å²) in [4.78, 5) is 40.2. The monoisotopic (exact) mass is 532 g/mol. The fraction of sp³-hybridized carbons (Fsp3) is 0.393. The Kier molecular flexibility index (Phi) is 8.04. The quantitative estimate of drug-likeness (QED) is 0.490. The molecule has 204 valence electrons. The predicted octanol–water partition coefficient (Wildman–Crippen LogP) is 4.62. The maximum atomic E-state index is 12.6. The summed E-state index contributed by atoms with van der Waals surface area (Å²) >= 11 is 0. The van der Waals surface area contributed by atoms with Gasteiger partial charge in [-0.1, -0.05) is 18.2 Å². The molecule has 1 fully saturated rings. The fourth-order valence-electron chi connectivity index (χ4n) is 4.76. The summed E-state index contributed by atoms with van der Waals surface area (Å²) in [5, 5.41) is 15.6. The molecular formula is C28H32N6O5. The number of aliphatic hydroxyl groups is 1. The highest BCUT2D eigenvalue weighted by Gasteiger charge is 2.25. The number of methoxy groups -OCH3 is 1. The zero-order valence-corrected chi connectivity index (χ0v) is 21.9. The number of carbonyl (C=O) groups is 2. The van der Waals surface area contributed by atoms with E-state index in [0.717, 1.165) is 24.0 Å². The lowest BCUT2D eigenvalue weighted by molar-refractivity contribution is 0.0990. The molecule has 0 bridgehead atoms. The molecule has 3 heterocycles. The molecule has 0 spiro atoms. The van der Waals surface area contributed by atoms with Gasteiger partial charge in [-0.3, -0.25) is 5.32 Å². The number of anilines is 1. The molecule has 1 aliphatic heterocycles. The number of aliphatic hydroxyl groups excluding tert-OH is 1. The number of rotatable bonds is 6. The van der Waals surface area contributed by atoms with Gasteiger partial charge in [0.15, 0.2) is 17.2 Å². The van der Waals surface area contributed by atoms with Gasteiger partial charge in [-0.25, -0.2) is 24.5 Å². The number of nitrogens with zero attached hydrogens (tertiary/aromatic N) is 4. The largest absolute Gasteiger partial charge is 0.508 e. The number of ether oxygens (including phenoxy) is 2. The van der Waals surface area contributed by atoms with E-state index in [1.54, 1.807) is 11.0 Å². The van der Waals surface area contributed by atoms with E-state index >= 15 is 0 Å². The summed E-state index contributed by atoms with van der Waals surface area (Å²) in [6.07, 6.45) is 13.4. The third kappa shape index (κ3) is 6.54. The number of allylic oxidation sites excluding steroid dienone is 5. The number of carbonyl (C=O) groups excluding carboxylic acids is 2. The third-order valence-electron chi connectivity index (χ3n) is 6.94. The second kappa shape index (κ2) is 12.0. The van der Waals surface area contributed by atoms with Crippen LogP contribution in [0.3, 0.4) is 0 Å². The van der Waals surface area contributed by atoms with Crippen LogP contribution in [0.4, 0.5) is 15.4 Å². The van der Waals surface area contributed by atoms with Gasteiger partial charge in [-0.05, 0) is 61.5 Å². The summed E-state index contributed by atoms with van der Waals surface area (Å²) in [5.41, 5.74) is 3.65. The highest BCUT2D eigenvalue weighted by atomic mass is 16.6. The van der Waals surface area contributed by atoms with Crippen molar-refractivity contribution in [2.75, 3.05) is 32.1 Å². The van der Waals surface area contributed by atoms with Gasteiger partial charge in [0.05, 0.1) is 19.0 Å². The standard InChI is InChI=1S/C28H32N6O5/c1-38-24-15-19(7-10-23(24)35)21-8-9-22-26(31-21)32-25(16-29-22)33-27(36)30-20-11-13-34(14-12-20)28(37)39-17-18-5-3-2-4-6-18/h3,5-6,8-9,15-16,20,35H,2,4,7,10-14,17H2,1H3,(H2,30,31,32,33,36). The SMILES string of the molecule is COC1=C(O)CCC(c2ccc3ncc(NC(=O)NC4CCN(C(=O)OCC5=CCCC=C5)CC4)nc3n2)=C1. The minimum atomic E-state index is -0.391. The van der Waals surface area contributed by atoms with E-state index in [1.807, 2.05) is 18.2 Å². The van der Waals surface area contributed by atoms with Gasteiger partial charge in [0.2, 0.25) is 0 Å². The Bertz CT molecular complexity index is 1370. The number of pyridine rings is 1. The molecule has 0 saturated carbocycles. The molecule has 11 nitrogen and oxygen atoms in total. The van der Waals surface area contributed by atoms with Crippen molar-refractivity contribution in [1.29, 1.82) is 0 Å². The Hall–Kier alpha value is -4.41. The van der Waals surface area contributed by atoms with Crippen LogP contribution in [0.5, 0.6) is 0 Å². The summed E-state index contributed by atoms with van der Waals surface area (Å²) in [6, 6.07) is 3.21. The van der Waals surface area contributed by atoms with Crippen molar-refractivity contribution in [3.63, 3.8) is 0 Å². The maximum absolute atomic E-state index is 12.6. The van der Waals surface area contributed by atoms with Crippen molar-refractivity contribution in [2.24, 2.45) is 0 Å². The van der Waals surface area contributed by atoms with E-state index in [9.17, 15) is 14.7 Å². The van der Waals surface area contributed by atoms with Crippen molar-refractivity contribution >= 4 is 34.7 Å². The van der Waals surface area contributed by atoms with Gasteiger partial charge in [0, 0.05) is 25.6 Å². The summed E-state index contributed by atoms with van der Waals surface area (Å²) in [5.74, 6) is 0.924. The van der Waals surface area contributed by atoms with E-state index in [-0.39, 0.29) is 30.3 Å². The molecule has 11 heteroatoms. The molecule has 0 radical (unpaired) electrons. The van der Waals surface area contributed by atoms with E-state index in [4.69, 9.17) is 9.47 Å². The van der Waals surface area contributed by atoms with Crippen molar-refractivity contribution in [2.45, 2.75) is 44.6 Å². The van der Waals surface area contributed by atoms with Crippen molar-refractivity contribution in [3.05, 3.63) is 65.4 Å². The van der Waals surface area contributed by atoms with Crippen LogP contribution < -0.4 is 10.6 Å². The van der Waals surface area contributed by atoms with E-state index < -0.39 is 6.03 Å². The Morgan fingerprint density at radius 3 is 2.77 bits per heavy atom. The molecule has 5 rings (SSSR count). The molecule has 3 N–H and O–H groups in total. The van der Waals surface area contributed by atoms with Gasteiger partial charge in [0.1, 0.15) is 17.9 Å². The number of piperidine rings is 1. The molecule has 0 aromatic carbocycles. The van der Waals surface area contributed by atoms with Gasteiger partial charge in [0.25, 0.3) is 0 Å². The third-order valence-corrected chi connectivity index (χ3v) is 6.94. The first-order valence-electron chi connectivity index (χ1n) is 13.1. The van der Waals surface area contributed by atoms with Crippen molar-refractivity contribution in [3.8, 4) is 0 Å². The average Bonchev–Trinajstić information content (AvgIpc) is 2.96. The van der Waals surface area contributed by atoms with Crippen LogP contribution in [0, 0.1) is 0 Å². The lowest BCUT2D eigenvalue weighted by Crippen LogP contribution is -2.47. The topological polar surface area (TPSA) is 139 Å². The first kappa shape index (κ1) is 26.2. The van der Waals surface area contributed by atoms with Crippen molar-refractivity contribution < 1.29 is 24.2 Å². The maximum Gasteiger partial charge on any atom is 0.410 e. The Labute approximate surface area is 226 Å². The number of hydrogen-bond acceptors (Lipinski definition) is 8. The number of likely N-dealkylation sites (tertiary alicyclic amines) is 1. The number of fused-ring (bicyclic) bond motifs is 1. The molecule has 0 atom stereocenters. The number of urea groups is 1. The normalized spacial score (nSPS) is 17.9. The second-order valence-corrected chi connectivity index (χ2v) is 9.65. The van der Waals surface area contributed by atoms with Crippen LogP contribution in [0.15, 0.2) is 59.7 Å². The van der Waals surface area contributed by atoms with Crippen LogP contribution in [0.25, 0.3) is 16.7 Å². The average molecular weight is 533 g/mol. The van der Waals surface area contributed by atoms with Gasteiger partial charge in [-0.15, -0.1) is 0 Å². The molecule has 3 amide bonds. The minimum absolute atomic E-state index is 0.0751. The Balaban J connectivity index is 1.13. The highest BCUT2D eigenvalue weighted by Crippen LogP contribution is 2.29. The fourth-order valence-corrected chi connectivity index (χ4v) is 4.76. The molecular weight excluding hydrogens is 500 g/mol. The number of nitrogens with one attached hydrogen (secondary N) is 2. The van der Waals surface area contributed by atoms with Crippen molar-refractivity contribution in [1.82, 2.24) is 25.2 Å². The van der Waals surface area contributed by atoms with Gasteiger partial charge in [-0.2, -0.15) is 0 Å². The predicted molar refractivity (Wildman–Crippen MR) is 146 cm³/mol. The number of hydrogen-bond donors (Lipinski definition) is 3. The number of amides is 3. The summed E-state index contributed by atoms with van der Waals surface area (Å²) in [7, 11) is 1.51. The Morgan fingerprint density at radius 1 is 1.15 bits per heavy atom. The van der Waals surface area contributed by atoms with Crippen LogP contribution in [0.1, 0.15) is 44.2 Å². The van der Waals surface area contributed by atoms with E-state index in [0.29, 0.717) is 61.4 Å². The van der Waals surface area contributed by atoms with E-state index in [1.165, 1.54) is 13.3 Å². The van der Waals surface area contributed by atoms with Crippen LogP contribution >= 0.6 is 0 Å². The van der Waals surface area contributed by atoms with Gasteiger partial charge < -0.3 is 24.8 Å². The highest BCUT2D eigenvalue weighted by molar-refractivity contribution is 5.89. The molecule has 2 aromatic heterocycles. The molecule has 1 saturated heterocycles. The lowest BCUT2D eigenvalue weighted by Gasteiger charge is -2.31. The Morgan fingerprint density at radius 2 is 2.00 bits per heavy atom. The molecule has 39 heavy (non-hydrogen) atoms. The molecule has 3 aliphatic rings. The zero-order chi connectivity index (χ0) is 27.2. The zero-order valence-electron chi connectivity index (χ0n) is 21.9. The molecule has 0 unspecified atom stereocenters. The smallest absolute Gasteiger partial charge is 0.410 e. The van der Waals surface area contributed by atoms with Gasteiger partial charge >= 0.3 is 12.1 Å². The van der Waals surface area contributed by atoms with Crippen LogP contribution in [-0.4, -0.2) is 69.9 Å². The van der Waals surface area contributed by atoms with E-state index in [2.05, 4.69) is 37.7 Å². The lowest BCUT2D eigenvalue weighted by atomic mass is 9.99. The molecule has 2 aliphatic carbocycles. The first-order valence-corrected chi connectivity index (χ1v) is 13.1. The summed E-state index contributed by atoms with van der Waals surface area (Å²) in [6.45, 7) is 1.30. The number of aromatic nitrogens is 3. The molecule has 2 aromatic rings.